The first-order chi connectivity index (χ1) is 9.47. The quantitative estimate of drug-likeness (QED) is 0.849. The Morgan fingerprint density at radius 3 is 2.75 bits per heavy atom. The van der Waals surface area contributed by atoms with E-state index in [0.29, 0.717) is 11.5 Å². The van der Waals surface area contributed by atoms with Gasteiger partial charge in [0.05, 0.1) is 5.56 Å². The minimum atomic E-state index is -0.249. The predicted molar refractivity (Wildman–Crippen MR) is 83.3 cm³/mol. The van der Waals surface area contributed by atoms with Gasteiger partial charge in [0.25, 0.3) is 0 Å². The van der Waals surface area contributed by atoms with Gasteiger partial charge in [-0.3, -0.25) is 4.98 Å². The van der Waals surface area contributed by atoms with Crippen molar-refractivity contribution in [3.05, 3.63) is 58.7 Å². The van der Waals surface area contributed by atoms with Crippen LogP contribution in [0.3, 0.4) is 0 Å². The molecule has 3 nitrogen and oxygen atoms in total. The summed E-state index contributed by atoms with van der Waals surface area (Å²) in [5.41, 5.74) is 9.84. The minimum Gasteiger partial charge on any atom is -0.389 e. The molecule has 2 aromatic rings. The fourth-order valence-corrected chi connectivity index (χ4v) is 2.38. The second kappa shape index (κ2) is 5.96. The molecule has 0 amide bonds. The Balaban J connectivity index is 2.27. The summed E-state index contributed by atoms with van der Waals surface area (Å²) in [6.07, 6.45) is 0. The molecule has 0 bridgehead atoms. The van der Waals surface area contributed by atoms with Crippen LogP contribution in [0.4, 0.5) is 10.1 Å². The molecule has 0 aliphatic rings. The summed E-state index contributed by atoms with van der Waals surface area (Å²) in [6.45, 7) is 4.27. The molecule has 3 N–H and O–H groups in total. The highest BCUT2D eigenvalue weighted by Gasteiger charge is 2.11. The van der Waals surface area contributed by atoms with E-state index in [4.69, 9.17) is 18.0 Å². The van der Waals surface area contributed by atoms with Crippen LogP contribution >= 0.6 is 12.2 Å². The van der Waals surface area contributed by atoms with E-state index in [-0.39, 0.29) is 5.82 Å². The molecule has 0 aliphatic carbocycles. The highest BCUT2D eigenvalue weighted by molar-refractivity contribution is 7.80. The number of pyridine rings is 1. The van der Waals surface area contributed by atoms with Gasteiger partial charge in [-0.15, -0.1) is 0 Å². The van der Waals surface area contributed by atoms with Gasteiger partial charge in [-0.1, -0.05) is 24.4 Å². The van der Waals surface area contributed by atoms with Gasteiger partial charge in [-0.2, -0.15) is 0 Å². The standard InChI is InChI=1S/C15H16FN3S/c1-9-6-13(14(15(17)20)10(2)19-9)18-8-11-4-3-5-12(16)7-11/h3-7H,8H2,1-2H3,(H2,17,20)(H,18,19). The summed E-state index contributed by atoms with van der Waals surface area (Å²) in [6, 6.07) is 8.35. The van der Waals surface area contributed by atoms with Crippen molar-refractivity contribution in [3.63, 3.8) is 0 Å². The van der Waals surface area contributed by atoms with Crippen LogP contribution in [-0.4, -0.2) is 9.97 Å². The van der Waals surface area contributed by atoms with E-state index in [2.05, 4.69) is 10.3 Å². The molecule has 0 radical (unpaired) electrons. The number of aromatic nitrogens is 1. The van der Waals surface area contributed by atoms with Crippen LogP contribution in [-0.2, 0) is 6.54 Å². The third-order valence-corrected chi connectivity index (χ3v) is 3.15. The van der Waals surface area contributed by atoms with Crippen molar-refractivity contribution >= 4 is 22.9 Å². The lowest BCUT2D eigenvalue weighted by Crippen LogP contribution is -2.16. The number of nitrogens with zero attached hydrogens (tertiary/aromatic N) is 1. The molecule has 104 valence electrons. The Morgan fingerprint density at radius 2 is 2.10 bits per heavy atom. The maximum absolute atomic E-state index is 13.2. The number of benzene rings is 1. The third kappa shape index (κ3) is 3.30. The Labute approximate surface area is 123 Å². The van der Waals surface area contributed by atoms with Crippen molar-refractivity contribution in [1.82, 2.24) is 4.98 Å². The van der Waals surface area contributed by atoms with Crippen LogP contribution in [0, 0.1) is 19.7 Å². The molecular formula is C15H16FN3S. The van der Waals surface area contributed by atoms with Gasteiger partial charge < -0.3 is 11.1 Å². The molecule has 0 aliphatic heterocycles. The SMILES string of the molecule is Cc1cc(NCc2cccc(F)c2)c(C(N)=S)c(C)n1. The fourth-order valence-electron chi connectivity index (χ4n) is 2.12. The van der Waals surface area contributed by atoms with Crippen molar-refractivity contribution in [1.29, 1.82) is 0 Å². The average molecular weight is 289 g/mol. The zero-order chi connectivity index (χ0) is 14.7. The van der Waals surface area contributed by atoms with Crippen molar-refractivity contribution in [2.75, 3.05) is 5.32 Å². The van der Waals surface area contributed by atoms with Crippen LogP contribution in [0.5, 0.6) is 0 Å². The molecule has 0 saturated carbocycles. The zero-order valence-corrected chi connectivity index (χ0v) is 12.2. The maximum atomic E-state index is 13.2. The van der Waals surface area contributed by atoms with Crippen LogP contribution in [0.1, 0.15) is 22.5 Å². The Hall–Kier alpha value is -2.01. The van der Waals surface area contributed by atoms with E-state index < -0.39 is 0 Å². The highest BCUT2D eigenvalue weighted by atomic mass is 32.1. The van der Waals surface area contributed by atoms with Crippen LogP contribution in [0.2, 0.25) is 0 Å². The lowest BCUT2D eigenvalue weighted by atomic mass is 10.1. The van der Waals surface area contributed by atoms with Gasteiger partial charge in [-0.25, -0.2) is 4.39 Å². The van der Waals surface area contributed by atoms with E-state index in [9.17, 15) is 4.39 Å². The number of anilines is 1. The maximum Gasteiger partial charge on any atom is 0.123 e. The van der Waals surface area contributed by atoms with E-state index in [1.807, 2.05) is 26.0 Å². The van der Waals surface area contributed by atoms with Crippen LogP contribution in [0.25, 0.3) is 0 Å². The second-order valence-corrected chi connectivity index (χ2v) is 5.06. The topological polar surface area (TPSA) is 50.9 Å². The second-order valence-electron chi connectivity index (χ2n) is 4.62. The first kappa shape index (κ1) is 14.4. The van der Waals surface area contributed by atoms with Crippen molar-refractivity contribution < 1.29 is 4.39 Å². The van der Waals surface area contributed by atoms with Crippen LogP contribution < -0.4 is 11.1 Å². The third-order valence-electron chi connectivity index (χ3n) is 2.95. The van der Waals surface area contributed by atoms with Gasteiger partial charge in [0.1, 0.15) is 10.8 Å². The molecule has 0 atom stereocenters. The van der Waals surface area contributed by atoms with E-state index >= 15 is 0 Å². The van der Waals surface area contributed by atoms with E-state index in [1.54, 1.807) is 6.07 Å². The fraction of sp³-hybridized carbons (Fsp3) is 0.200. The monoisotopic (exact) mass is 289 g/mol. The normalized spacial score (nSPS) is 10.3. The molecular weight excluding hydrogens is 273 g/mol. The van der Waals surface area contributed by atoms with Crippen molar-refractivity contribution in [3.8, 4) is 0 Å². The first-order valence-electron chi connectivity index (χ1n) is 6.23. The Bertz CT molecular complexity index is 656. The largest absolute Gasteiger partial charge is 0.389 e. The summed E-state index contributed by atoms with van der Waals surface area (Å²) in [5, 5.41) is 3.25. The molecule has 1 aromatic heterocycles. The molecule has 1 aromatic carbocycles. The predicted octanol–water partition coefficient (Wildman–Crippen LogP) is 3.08. The van der Waals surface area contributed by atoms with Crippen molar-refractivity contribution in [2.45, 2.75) is 20.4 Å². The Kier molecular flexibility index (Phi) is 4.29. The number of nitrogens with one attached hydrogen (secondary N) is 1. The minimum absolute atomic E-state index is 0.249. The van der Waals surface area contributed by atoms with Gasteiger partial charge >= 0.3 is 0 Å². The Morgan fingerprint density at radius 1 is 1.35 bits per heavy atom. The van der Waals surface area contributed by atoms with E-state index in [1.165, 1.54) is 12.1 Å². The number of nitrogens with two attached hydrogens (primary N) is 1. The van der Waals surface area contributed by atoms with Crippen LogP contribution in [0.15, 0.2) is 30.3 Å². The van der Waals surface area contributed by atoms with Gasteiger partial charge in [-0.05, 0) is 37.6 Å². The summed E-state index contributed by atoms with van der Waals surface area (Å²) in [7, 11) is 0. The van der Waals surface area contributed by atoms with E-state index in [0.717, 1.165) is 28.2 Å². The molecule has 0 unspecified atom stereocenters. The van der Waals surface area contributed by atoms with Gasteiger partial charge in [0.15, 0.2) is 0 Å². The van der Waals surface area contributed by atoms with Gasteiger partial charge in [0.2, 0.25) is 0 Å². The molecule has 0 fully saturated rings. The highest BCUT2D eigenvalue weighted by Crippen LogP contribution is 2.20. The van der Waals surface area contributed by atoms with Crippen molar-refractivity contribution in [2.24, 2.45) is 5.73 Å². The summed E-state index contributed by atoms with van der Waals surface area (Å²) < 4.78 is 13.2. The molecule has 20 heavy (non-hydrogen) atoms. The molecule has 1 heterocycles. The average Bonchev–Trinajstić information content (AvgIpc) is 2.35. The summed E-state index contributed by atoms with van der Waals surface area (Å²) >= 11 is 5.07. The molecule has 2 rings (SSSR count). The molecule has 5 heteroatoms. The number of thiocarbonyl (C=S) groups is 1. The number of halogens is 1. The molecule has 0 saturated heterocycles. The summed E-state index contributed by atoms with van der Waals surface area (Å²) in [5.74, 6) is -0.249. The number of aryl methyl sites for hydroxylation is 2. The van der Waals surface area contributed by atoms with Gasteiger partial charge in [0, 0.05) is 23.6 Å². The zero-order valence-electron chi connectivity index (χ0n) is 11.4. The molecule has 0 spiro atoms. The number of hydrogen-bond acceptors (Lipinski definition) is 3. The first-order valence-corrected chi connectivity index (χ1v) is 6.64. The lowest BCUT2D eigenvalue weighted by Gasteiger charge is -2.14. The number of hydrogen-bond donors (Lipinski definition) is 2. The summed E-state index contributed by atoms with van der Waals surface area (Å²) in [4.78, 5) is 4.66. The smallest absolute Gasteiger partial charge is 0.123 e. The number of rotatable bonds is 4. The lowest BCUT2D eigenvalue weighted by molar-refractivity contribution is 0.626.